The minimum absolute atomic E-state index is 0.379. The van der Waals surface area contributed by atoms with E-state index in [0.717, 1.165) is 42.9 Å². The van der Waals surface area contributed by atoms with Crippen LogP contribution in [0.4, 0.5) is 0 Å². The quantitative estimate of drug-likeness (QED) is 0.636. The molecule has 1 aromatic rings. The Labute approximate surface area is 183 Å². The van der Waals surface area contributed by atoms with Crippen molar-refractivity contribution in [1.82, 2.24) is 9.80 Å². The molecule has 0 N–H and O–H groups in total. The normalized spacial score (nSPS) is 27.4. The van der Waals surface area contributed by atoms with Crippen molar-refractivity contribution < 1.29 is 9.47 Å². The van der Waals surface area contributed by atoms with Crippen molar-refractivity contribution in [3.8, 4) is 0 Å². The minimum atomic E-state index is -0.379. The van der Waals surface area contributed by atoms with Crippen LogP contribution < -0.4 is 0 Å². The summed E-state index contributed by atoms with van der Waals surface area (Å²) in [5, 5.41) is 1.16. The van der Waals surface area contributed by atoms with Gasteiger partial charge < -0.3 is 14.4 Å². The largest absolute Gasteiger partial charge is 0.364 e. The van der Waals surface area contributed by atoms with Crippen LogP contribution in [-0.2, 0) is 15.9 Å². The molecule has 154 valence electrons. The van der Waals surface area contributed by atoms with Gasteiger partial charge in [-0.3, -0.25) is 4.90 Å². The fourth-order valence-corrected chi connectivity index (χ4v) is 5.53. The molecule has 28 heavy (non-hydrogen) atoms. The Kier molecular flexibility index (Phi) is 6.50. The summed E-state index contributed by atoms with van der Waals surface area (Å²) in [6.45, 7) is 3.74. The first-order chi connectivity index (χ1) is 13.5. The lowest BCUT2D eigenvalue weighted by molar-refractivity contribution is -0.195. The van der Waals surface area contributed by atoms with Gasteiger partial charge in [-0.15, -0.1) is 0 Å². The molecule has 3 fully saturated rings. The number of rotatable bonds is 4. The maximum absolute atomic E-state index is 6.18. The molecule has 1 saturated carbocycles. The van der Waals surface area contributed by atoms with E-state index < -0.39 is 0 Å². The van der Waals surface area contributed by atoms with E-state index in [2.05, 4.69) is 16.8 Å². The highest BCUT2D eigenvalue weighted by atomic mass is 35.5. The number of ether oxygens (including phenoxy) is 2. The monoisotopic (exact) mass is 442 g/mol. The lowest BCUT2D eigenvalue weighted by atomic mass is 9.83. The maximum atomic E-state index is 6.18. The fourth-order valence-electron chi connectivity index (χ4n) is 4.91. The Balaban J connectivity index is 1.48. The first-order valence-electron chi connectivity index (χ1n) is 10.2. The van der Waals surface area contributed by atoms with Gasteiger partial charge in [0.2, 0.25) is 0 Å². The number of halogens is 2. The van der Waals surface area contributed by atoms with Crippen molar-refractivity contribution in [1.29, 1.82) is 0 Å². The molecular formula is C21H28Cl2N2O2S. The molecule has 3 aliphatic rings. The van der Waals surface area contributed by atoms with Crippen molar-refractivity contribution in [2.24, 2.45) is 0 Å². The minimum Gasteiger partial charge on any atom is -0.364 e. The summed E-state index contributed by atoms with van der Waals surface area (Å²) < 4.78 is 12.1. The summed E-state index contributed by atoms with van der Waals surface area (Å²) in [4.78, 5) is 5.87. The highest BCUT2D eigenvalue weighted by Crippen LogP contribution is 2.40. The van der Waals surface area contributed by atoms with Gasteiger partial charge in [-0.05, 0) is 50.0 Å². The van der Waals surface area contributed by atoms with Gasteiger partial charge in [-0.25, -0.2) is 0 Å². The highest BCUT2D eigenvalue weighted by molar-refractivity contribution is 7.80. The predicted octanol–water partition coefficient (Wildman–Crippen LogP) is 4.56. The zero-order chi connectivity index (χ0) is 19.7. The Morgan fingerprint density at radius 1 is 1.21 bits per heavy atom. The zero-order valence-electron chi connectivity index (χ0n) is 16.3. The molecule has 2 atom stereocenters. The van der Waals surface area contributed by atoms with Crippen LogP contribution in [0.25, 0.3) is 0 Å². The molecule has 0 radical (unpaired) electrons. The average Bonchev–Trinajstić information content (AvgIpc) is 3.37. The Hall–Kier alpha value is -0.430. The summed E-state index contributed by atoms with van der Waals surface area (Å²) in [5.41, 5.74) is 1.10. The van der Waals surface area contributed by atoms with Crippen LogP contribution in [0, 0.1) is 0 Å². The highest BCUT2D eigenvalue weighted by Gasteiger charge is 2.48. The lowest BCUT2D eigenvalue weighted by Crippen LogP contribution is -2.58. The van der Waals surface area contributed by atoms with Crippen LogP contribution in [0.5, 0.6) is 0 Å². The second-order valence-electron chi connectivity index (χ2n) is 8.16. The van der Waals surface area contributed by atoms with E-state index in [1.54, 1.807) is 0 Å². The SMILES string of the molecule is CN(C(=S)Cc1ccc(Cl)c(Cl)c1)C1CCC2(CC1N1CCCC1)OCCO2. The van der Waals surface area contributed by atoms with Crippen molar-refractivity contribution in [2.45, 2.75) is 56.4 Å². The Bertz CT molecular complexity index is 720. The number of nitrogens with zero attached hydrogens (tertiary/aromatic N) is 2. The Morgan fingerprint density at radius 2 is 1.93 bits per heavy atom. The van der Waals surface area contributed by atoms with Crippen molar-refractivity contribution in [3.63, 3.8) is 0 Å². The first kappa shape index (κ1) is 20.8. The summed E-state index contributed by atoms with van der Waals surface area (Å²) in [6, 6.07) is 6.55. The van der Waals surface area contributed by atoms with Gasteiger partial charge in [0.25, 0.3) is 0 Å². The fraction of sp³-hybridized carbons (Fsp3) is 0.667. The summed E-state index contributed by atoms with van der Waals surface area (Å²) in [7, 11) is 2.14. The smallest absolute Gasteiger partial charge is 0.170 e. The molecule has 0 amide bonds. The van der Waals surface area contributed by atoms with E-state index in [9.17, 15) is 0 Å². The summed E-state index contributed by atoms with van der Waals surface area (Å²) >= 11 is 18.1. The van der Waals surface area contributed by atoms with Crippen molar-refractivity contribution >= 4 is 40.4 Å². The second-order valence-corrected chi connectivity index (χ2v) is 9.44. The van der Waals surface area contributed by atoms with Gasteiger partial charge in [0.15, 0.2) is 5.79 Å². The van der Waals surface area contributed by atoms with E-state index in [4.69, 9.17) is 44.9 Å². The van der Waals surface area contributed by atoms with E-state index in [1.165, 1.54) is 12.8 Å². The molecule has 2 heterocycles. The van der Waals surface area contributed by atoms with Gasteiger partial charge >= 0.3 is 0 Å². The first-order valence-corrected chi connectivity index (χ1v) is 11.4. The van der Waals surface area contributed by atoms with E-state index >= 15 is 0 Å². The van der Waals surface area contributed by atoms with Crippen LogP contribution in [0.15, 0.2) is 18.2 Å². The number of hydrogen-bond acceptors (Lipinski definition) is 4. The van der Waals surface area contributed by atoms with Gasteiger partial charge in [0.05, 0.1) is 28.2 Å². The predicted molar refractivity (Wildman–Crippen MR) is 117 cm³/mol. The maximum Gasteiger partial charge on any atom is 0.170 e. The van der Waals surface area contributed by atoms with Gasteiger partial charge in [-0.1, -0.05) is 41.5 Å². The van der Waals surface area contributed by atoms with E-state index in [-0.39, 0.29) is 5.79 Å². The third-order valence-corrected chi connectivity index (χ3v) is 7.61. The summed E-state index contributed by atoms with van der Waals surface area (Å²) in [5.74, 6) is -0.379. The number of likely N-dealkylation sites (tertiary alicyclic amines) is 1. The number of benzene rings is 1. The lowest BCUT2D eigenvalue weighted by Gasteiger charge is -2.48. The molecule has 1 aliphatic carbocycles. The van der Waals surface area contributed by atoms with Crippen molar-refractivity contribution in [2.75, 3.05) is 33.4 Å². The molecule has 1 spiro atoms. The molecule has 0 bridgehead atoms. The molecule has 4 rings (SSSR count). The molecule has 4 nitrogen and oxygen atoms in total. The number of likely N-dealkylation sites (N-methyl/N-ethyl adjacent to an activating group) is 1. The topological polar surface area (TPSA) is 24.9 Å². The molecule has 0 aromatic heterocycles. The third kappa shape index (κ3) is 4.35. The van der Waals surface area contributed by atoms with Gasteiger partial charge in [0.1, 0.15) is 0 Å². The van der Waals surface area contributed by atoms with Crippen LogP contribution >= 0.6 is 35.4 Å². The average molecular weight is 443 g/mol. The van der Waals surface area contributed by atoms with Crippen LogP contribution in [0.2, 0.25) is 10.0 Å². The molecule has 2 saturated heterocycles. The molecule has 2 unspecified atom stereocenters. The molecule has 1 aromatic carbocycles. The van der Waals surface area contributed by atoms with E-state index in [1.807, 2.05) is 18.2 Å². The summed E-state index contributed by atoms with van der Waals surface area (Å²) in [6.07, 6.45) is 6.13. The second kappa shape index (κ2) is 8.75. The standard InChI is InChI=1S/C21H28Cl2N2O2S/c1-24(20(28)13-15-4-5-16(22)17(23)12-15)18-6-7-21(26-10-11-27-21)14-19(18)25-8-2-3-9-25/h4-5,12,18-19H,2-3,6-11,13-14H2,1H3. The number of thiocarbonyl (C=S) groups is 1. The molecule has 2 aliphatic heterocycles. The molecule has 7 heteroatoms. The van der Waals surface area contributed by atoms with Gasteiger partial charge in [0, 0.05) is 38.4 Å². The molecular weight excluding hydrogens is 415 g/mol. The van der Waals surface area contributed by atoms with Crippen LogP contribution in [0.3, 0.4) is 0 Å². The number of hydrogen-bond donors (Lipinski definition) is 0. The van der Waals surface area contributed by atoms with Crippen molar-refractivity contribution in [3.05, 3.63) is 33.8 Å². The third-order valence-electron chi connectivity index (χ3n) is 6.44. The van der Waals surface area contributed by atoms with E-state index in [0.29, 0.717) is 41.8 Å². The van der Waals surface area contributed by atoms with Gasteiger partial charge in [-0.2, -0.15) is 0 Å². The van der Waals surface area contributed by atoms with Crippen LogP contribution in [0.1, 0.15) is 37.7 Å². The zero-order valence-corrected chi connectivity index (χ0v) is 18.7. The Morgan fingerprint density at radius 3 is 2.61 bits per heavy atom. The van der Waals surface area contributed by atoms with Crippen LogP contribution in [-0.4, -0.2) is 66.0 Å².